The third kappa shape index (κ3) is 2.67. The molecule has 0 spiro atoms. The van der Waals surface area contributed by atoms with Gasteiger partial charge < -0.3 is 10.0 Å². The van der Waals surface area contributed by atoms with Crippen LogP contribution >= 0.6 is 0 Å². The average molecular weight is 251 g/mol. The number of hydrogen-bond acceptors (Lipinski definition) is 2. The highest BCUT2D eigenvalue weighted by Crippen LogP contribution is 2.27. The van der Waals surface area contributed by atoms with E-state index >= 15 is 0 Å². The molecular weight excluding hydrogens is 237 g/mol. The zero-order valence-corrected chi connectivity index (χ0v) is 9.80. The predicted molar refractivity (Wildman–Crippen MR) is 63.7 cm³/mol. The minimum absolute atomic E-state index is 0.00312. The Labute approximate surface area is 104 Å². The zero-order chi connectivity index (χ0) is 13.1. The van der Waals surface area contributed by atoms with Crippen molar-refractivity contribution >= 4 is 17.6 Å². The molecule has 2 rings (SSSR count). The number of benzene rings is 1. The van der Waals surface area contributed by atoms with Crippen LogP contribution in [0.4, 0.5) is 10.1 Å². The lowest BCUT2D eigenvalue weighted by Crippen LogP contribution is -2.39. The molecule has 5 heteroatoms. The molecule has 4 nitrogen and oxygen atoms in total. The van der Waals surface area contributed by atoms with E-state index in [0.29, 0.717) is 13.0 Å². The van der Waals surface area contributed by atoms with Crippen LogP contribution in [0.5, 0.6) is 0 Å². The number of carbonyl (C=O) groups is 2. The van der Waals surface area contributed by atoms with E-state index in [1.165, 1.54) is 11.0 Å². The highest BCUT2D eigenvalue weighted by molar-refractivity contribution is 5.94. The van der Waals surface area contributed by atoms with E-state index in [9.17, 15) is 14.0 Å². The molecular formula is C13H14FNO3. The van der Waals surface area contributed by atoms with Gasteiger partial charge in [-0.3, -0.25) is 9.59 Å². The minimum atomic E-state index is -0.896. The molecule has 1 fully saturated rings. The van der Waals surface area contributed by atoms with Gasteiger partial charge in [0.25, 0.3) is 0 Å². The Morgan fingerprint density at radius 1 is 1.44 bits per heavy atom. The molecule has 1 unspecified atom stereocenters. The summed E-state index contributed by atoms with van der Waals surface area (Å²) in [5, 5.41) is 8.69. The van der Waals surface area contributed by atoms with Gasteiger partial charge >= 0.3 is 5.97 Å². The summed E-state index contributed by atoms with van der Waals surface area (Å²) in [4.78, 5) is 23.9. The minimum Gasteiger partial charge on any atom is -0.481 e. The summed E-state index contributed by atoms with van der Waals surface area (Å²) in [6, 6.07) is 6.12. The normalized spacial score (nSPS) is 19.9. The second-order valence-electron chi connectivity index (χ2n) is 4.45. The molecule has 0 radical (unpaired) electrons. The molecule has 1 N–H and O–H groups in total. The third-order valence-corrected chi connectivity index (χ3v) is 3.13. The van der Waals surface area contributed by atoms with E-state index in [-0.39, 0.29) is 30.4 Å². The Morgan fingerprint density at radius 3 is 2.78 bits per heavy atom. The molecule has 96 valence electrons. The van der Waals surface area contributed by atoms with Gasteiger partial charge in [-0.2, -0.15) is 0 Å². The smallest absolute Gasteiger partial charge is 0.303 e. The number of carboxylic acid groups (broad SMARTS) is 1. The number of anilines is 1. The number of hydrogen-bond donors (Lipinski definition) is 1. The van der Waals surface area contributed by atoms with E-state index < -0.39 is 11.8 Å². The molecule has 0 saturated carbocycles. The summed E-state index contributed by atoms with van der Waals surface area (Å²) in [6.07, 6.45) is 0.754. The van der Waals surface area contributed by atoms with Crippen molar-refractivity contribution in [2.75, 3.05) is 11.4 Å². The molecule has 0 aliphatic carbocycles. The van der Waals surface area contributed by atoms with Crippen LogP contribution in [-0.2, 0) is 9.59 Å². The third-order valence-electron chi connectivity index (χ3n) is 3.13. The topological polar surface area (TPSA) is 57.6 Å². The van der Waals surface area contributed by atoms with Crippen LogP contribution in [0.15, 0.2) is 24.3 Å². The molecule has 1 heterocycles. The van der Waals surface area contributed by atoms with E-state index in [1.54, 1.807) is 18.2 Å². The summed E-state index contributed by atoms with van der Waals surface area (Å²) < 4.78 is 13.6. The predicted octanol–water partition coefficient (Wildman–Crippen LogP) is 2.04. The number of rotatable bonds is 3. The van der Waals surface area contributed by atoms with Crippen LogP contribution in [0.3, 0.4) is 0 Å². The van der Waals surface area contributed by atoms with Crippen LogP contribution < -0.4 is 4.90 Å². The first kappa shape index (κ1) is 12.5. The fourth-order valence-electron chi connectivity index (χ4n) is 2.24. The van der Waals surface area contributed by atoms with Crippen molar-refractivity contribution in [2.45, 2.75) is 19.3 Å². The Hall–Kier alpha value is -1.91. The van der Waals surface area contributed by atoms with Gasteiger partial charge in [-0.15, -0.1) is 0 Å². The number of carboxylic acids is 1. The van der Waals surface area contributed by atoms with Crippen molar-refractivity contribution in [3.8, 4) is 0 Å². The number of amides is 1. The van der Waals surface area contributed by atoms with Gasteiger partial charge in [-0.1, -0.05) is 12.1 Å². The maximum absolute atomic E-state index is 13.6. The fraction of sp³-hybridized carbons (Fsp3) is 0.385. The standard InChI is InChI=1S/C13H14FNO3/c14-10-3-1-2-4-11(10)15-6-5-9(7-12(15)16)8-13(17)18/h1-4,9H,5-8H2,(H,17,18). The summed E-state index contributed by atoms with van der Waals surface area (Å²) in [6.45, 7) is 0.373. The van der Waals surface area contributed by atoms with Crippen LogP contribution in [0, 0.1) is 11.7 Å². The number of para-hydroxylation sites is 1. The second-order valence-corrected chi connectivity index (χ2v) is 4.45. The Kier molecular flexibility index (Phi) is 3.60. The molecule has 1 aromatic rings. The molecule has 1 aromatic carbocycles. The first-order valence-corrected chi connectivity index (χ1v) is 5.84. The first-order chi connectivity index (χ1) is 8.58. The van der Waals surface area contributed by atoms with Gasteiger partial charge in [0.15, 0.2) is 0 Å². The van der Waals surface area contributed by atoms with Gasteiger partial charge in [0.1, 0.15) is 5.82 Å². The van der Waals surface area contributed by atoms with E-state index in [0.717, 1.165) is 0 Å². The summed E-state index contributed by atoms with van der Waals surface area (Å²) >= 11 is 0. The van der Waals surface area contributed by atoms with Crippen LogP contribution in [0.25, 0.3) is 0 Å². The van der Waals surface area contributed by atoms with E-state index in [1.807, 2.05) is 0 Å². The van der Waals surface area contributed by atoms with Gasteiger partial charge in [0.2, 0.25) is 5.91 Å². The Bertz CT molecular complexity index is 475. The van der Waals surface area contributed by atoms with Gasteiger partial charge in [0, 0.05) is 19.4 Å². The first-order valence-electron chi connectivity index (χ1n) is 5.84. The lowest BCUT2D eigenvalue weighted by molar-refractivity contribution is -0.138. The van der Waals surface area contributed by atoms with Crippen molar-refractivity contribution < 1.29 is 19.1 Å². The highest BCUT2D eigenvalue weighted by atomic mass is 19.1. The number of nitrogens with zero attached hydrogens (tertiary/aromatic N) is 1. The monoisotopic (exact) mass is 251 g/mol. The SMILES string of the molecule is O=C(O)CC1CCN(c2ccccc2F)C(=O)C1. The number of aliphatic carboxylic acids is 1. The van der Waals surface area contributed by atoms with Crippen molar-refractivity contribution in [3.05, 3.63) is 30.1 Å². The Morgan fingerprint density at radius 2 is 2.17 bits per heavy atom. The molecule has 1 saturated heterocycles. The van der Waals surface area contributed by atoms with E-state index in [2.05, 4.69) is 0 Å². The molecule has 0 bridgehead atoms. The average Bonchev–Trinajstić information content (AvgIpc) is 2.30. The quantitative estimate of drug-likeness (QED) is 0.894. The van der Waals surface area contributed by atoms with Crippen molar-refractivity contribution in [3.63, 3.8) is 0 Å². The summed E-state index contributed by atoms with van der Waals surface area (Å²) in [7, 11) is 0. The van der Waals surface area contributed by atoms with Crippen LogP contribution in [0.2, 0.25) is 0 Å². The van der Waals surface area contributed by atoms with Crippen LogP contribution in [-0.4, -0.2) is 23.5 Å². The largest absolute Gasteiger partial charge is 0.481 e. The molecule has 0 aromatic heterocycles. The van der Waals surface area contributed by atoms with Crippen molar-refractivity contribution in [1.82, 2.24) is 0 Å². The zero-order valence-electron chi connectivity index (χ0n) is 9.80. The fourth-order valence-corrected chi connectivity index (χ4v) is 2.24. The molecule has 1 amide bonds. The van der Waals surface area contributed by atoms with Crippen LogP contribution in [0.1, 0.15) is 19.3 Å². The molecule has 1 aliphatic heterocycles. The lowest BCUT2D eigenvalue weighted by atomic mass is 9.93. The Balaban J connectivity index is 2.08. The number of carbonyl (C=O) groups excluding carboxylic acids is 1. The number of halogens is 1. The summed E-state index contributed by atoms with van der Waals surface area (Å²) in [5.41, 5.74) is 0.274. The van der Waals surface area contributed by atoms with E-state index in [4.69, 9.17) is 5.11 Å². The number of piperidine rings is 1. The van der Waals surface area contributed by atoms with Gasteiger partial charge in [0.05, 0.1) is 5.69 Å². The molecule has 18 heavy (non-hydrogen) atoms. The maximum atomic E-state index is 13.6. The van der Waals surface area contributed by atoms with Gasteiger partial charge in [-0.25, -0.2) is 4.39 Å². The lowest BCUT2D eigenvalue weighted by Gasteiger charge is -2.31. The molecule has 1 aliphatic rings. The highest BCUT2D eigenvalue weighted by Gasteiger charge is 2.29. The molecule has 1 atom stereocenters. The second kappa shape index (κ2) is 5.16. The van der Waals surface area contributed by atoms with Crippen molar-refractivity contribution in [1.29, 1.82) is 0 Å². The summed E-state index contributed by atoms with van der Waals surface area (Å²) in [5.74, 6) is -1.68. The maximum Gasteiger partial charge on any atom is 0.303 e. The van der Waals surface area contributed by atoms with Crippen molar-refractivity contribution in [2.24, 2.45) is 5.92 Å². The van der Waals surface area contributed by atoms with Gasteiger partial charge in [-0.05, 0) is 24.5 Å².